The summed E-state index contributed by atoms with van der Waals surface area (Å²) in [5.74, 6) is -1.28. The Hall–Kier alpha value is -2.63. The fourth-order valence-electron chi connectivity index (χ4n) is 2.43. The zero-order valence-corrected chi connectivity index (χ0v) is 13.6. The number of hydrogen-bond donors (Lipinski definition) is 1. The first-order valence-corrected chi connectivity index (χ1v) is 7.51. The van der Waals surface area contributed by atoms with Gasteiger partial charge in [0.05, 0.1) is 12.2 Å². The summed E-state index contributed by atoms with van der Waals surface area (Å²) in [6.07, 6.45) is 0. The molecule has 2 rings (SSSR count). The Kier molecular flexibility index (Phi) is 5.16. The van der Waals surface area contributed by atoms with Crippen LogP contribution in [0.5, 0.6) is 0 Å². The van der Waals surface area contributed by atoms with Crippen molar-refractivity contribution in [2.24, 2.45) is 0 Å². The lowest BCUT2D eigenvalue weighted by Crippen LogP contribution is -2.35. The molecule has 23 heavy (non-hydrogen) atoms. The number of likely N-dealkylation sites (N-methyl/N-ethyl adjacent to an activating group) is 1. The third kappa shape index (κ3) is 4.18. The standard InChI is InChI=1S/C17H21N3O3/c1-4-19(11-16(21)22)17(23)15-7-5-14(6-8-15)10-20-13(3)9-12(2)18-20/h5-9H,4,10-11H2,1-3H3,(H,21,22). The number of hydrogen-bond acceptors (Lipinski definition) is 3. The maximum Gasteiger partial charge on any atom is 0.323 e. The predicted octanol–water partition coefficient (Wildman–Crippen LogP) is 2.09. The van der Waals surface area contributed by atoms with Crippen molar-refractivity contribution in [3.8, 4) is 0 Å². The number of rotatable bonds is 6. The van der Waals surface area contributed by atoms with E-state index in [9.17, 15) is 9.59 Å². The molecule has 0 aliphatic rings. The van der Waals surface area contributed by atoms with E-state index in [1.54, 1.807) is 19.1 Å². The van der Waals surface area contributed by atoms with Gasteiger partial charge in [-0.1, -0.05) is 12.1 Å². The lowest BCUT2D eigenvalue weighted by molar-refractivity contribution is -0.137. The fourth-order valence-corrected chi connectivity index (χ4v) is 2.43. The first kappa shape index (κ1) is 16.7. The monoisotopic (exact) mass is 315 g/mol. The van der Waals surface area contributed by atoms with Gasteiger partial charge in [0, 0.05) is 17.8 Å². The van der Waals surface area contributed by atoms with Crippen molar-refractivity contribution in [1.82, 2.24) is 14.7 Å². The highest BCUT2D eigenvalue weighted by molar-refractivity contribution is 5.95. The summed E-state index contributed by atoms with van der Waals surface area (Å²) in [4.78, 5) is 24.4. The third-order valence-corrected chi connectivity index (χ3v) is 3.63. The molecule has 1 heterocycles. The Balaban J connectivity index is 2.11. The van der Waals surface area contributed by atoms with E-state index < -0.39 is 5.97 Å². The highest BCUT2D eigenvalue weighted by Gasteiger charge is 2.16. The van der Waals surface area contributed by atoms with Crippen molar-refractivity contribution in [2.75, 3.05) is 13.1 Å². The van der Waals surface area contributed by atoms with Gasteiger partial charge in [0.15, 0.2) is 0 Å². The molecule has 6 heteroatoms. The summed E-state index contributed by atoms with van der Waals surface area (Å²) in [5.41, 5.74) is 3.59. The Morgan fingerprint density at radius 2 is 1.87 bits per heavy atom. The Morgan fingerprint density at radius 1 is 1.22 bits per heavy atom. The van der Waals surface area contributed by atoms with Gasteiger partial charge >= 0.3 is 5.97 Å². The van der Waals surface area contributed by atoms with Gasteiger partial charge in [-0.3, -0.25) is 14.3 Å². The highest BCUT2D eigenvalue weighted by atomic mass is 16.4. The predicted molar refractivity (Wildman–Crippen MR) is 86.5 cm³/mol. The van der Waals surface area contributed by atoms with Crippen molar-refractivity contribution < 1.29 is 14.7 Å². The molecule has 0 radical (unpaired) electrons. The van der Waals surface area contributed by atoms with E-state index in [0.29, 0.717) is 18.7 Å². The van der Waals surface area contributed by atoms with E-state index >= 15 is 0 Å². The molecule has 1 aromatic carbocycles. The molecule has 0 aliphatic carbocycles. The number of amides is 1. The molecule has 1 aromatic heterocycles. The van der Waals surface area contributed by atoms with Crippen molar-refractivity contribution in [3.05, 3.63) is 52.8 Å². The molecular weight excluding hydrogens is 294 g/mol. The number of carbonyl (C=O) groups excluding carboxylic acids is 1. The van der Waals surface area contributed by atoms with E-state index in [1.165, 1.54) is 4.90 Å². The van der Waals surface area contributed by atoms with Crippen molar-refractivity contribution in [1.29, 1.82) is 0 Å². The molecule has 0 bridgehead atoms. The second-order valence-corrected chi connectivity index (χ2v) is 5.49. The normalized spacial score (nSPS) is 10.6. The SMILES string of the molecule is CCN(CC(=O)O)C(=O)c1ccc(Cn2nc(C)cc2C)cc1. The van der Waals surface area contributed by atoms with Gasteiger partial charge in [0.2, 0.25) is 0 Å². The number of carbonyl (C=O) groups is 2. The van der Waals surface area contributed by atoms with Crippen LogP contribution in [0.4, 0.5) is 0 Å². The molecule has 1 amide bonds. The molecule has 0 saturated carbocycles. The van der Waals surface area contributed by atoms with Crippen molar-refractivity contribution in [3.63, 3.8) is 0 Å². The Morgan fingerprint density at radius 3 is 2.35 bits per heavy atom. The molecular formula is C17H21N3O3. The van der Waals surface area contributed by atoms with Crippen LogP contribution in [0.15, 0.2) is 30.3 Å². The average molecular weight is 315 g/mol. The van der Waals surface area contributed by atoms with Crippen LogP contribution in [0.25, 0.3) is 0 Å². The van der Waals surface area contributed by atoms with Gasteiger partial charge in [-0.05, 0) is 44.5 Å². The van der Waals surface area contributed by atoms with Crippen molar-refractivity contribution in [2.45, 2.75) is 27.3 Å². The fraction of sp³-hybridized carbons (Fsp3) is 0.353. The number of nitrogens with zero attached hydrogens (tertiary/aromatic N) is 3. The highest BCUT2D eigenvalue weighted by Crippen LogP contribution is 2.11. The molecule has 6 nitrogen and oxygen atoms in total. The van der Waals surface area contributed by atoms with E-state index in [2.05, 4.69) is 5.10 Å². The minimum absolute atomic E-state index is 0.271. The van der Waals surface area contributed by atoms with Crippen LogP contribution in [0.2, 0.25) is 0 Å². The smallest absolute Gasteiger partial charge is 0.323 e. The van der Waals surface area contributed by atoms with Crippen LogP contribution >= 0.6 is 0 Å². The maximum absolute atomic E-state index is 12.3. The summed E-state index contributed by atoms with van der Waals surface area (Å²) in [6.45, 7) is 6.43. The summed E-state index contributed by atoms with van der Waals surface area (Å²) >= 11 is 0. The minimum atomic E-state index is -1.01. The minimum Gasteiger partial charge on any atom is -0.480 e. The number of carboxylic acids is 1. The quantitative estimate of drug-likeness (QED) is 0.885. The molecule has 1 N–H and O–H groups in total. The van der Waals surface area contributed by atoms with Gasteiger partial charge in [0.25, 0.3) is 5.91 Å². The third-order valence-electron chi connectivity index (χ3n) is 3.63. The van der Waals surface area contributed by atoms with Crippen LogP contribution in [0.1, 0.15) is 34.2 Å². The summed E-state index contributed by atoms with van der Waals surface area (Å²) < 4.78 is 1.91. The molecule has 122 valence electrons. The second-order valence-electron chi connectivity index (χ2n) is 5.49. The number of aromatic nitrogens is 2. The topological polar surface area (TPSA) is 75.4 Å². The molecule has 0 fully saturated rings. The first-order valence-electron chi connectivity index (χ1n) is 7.51. The van der Waals surface area contributed by atoms with Gasteiger partial charge in [0.1, 0.15) is 6.54 Å². The van der Waals surface area contributed by atoms with Crippen LogP contribution in [0, 0.1) is 13.8 Å². The Labute approximate surface area is 135 Å². The van der Waals surface area contributed by atoms with Crippen LogP contribution in [-0.4, -0.2) is 44.8 Å². The Bertz CT molecular complexity index is 704. The zero-order valence-electron chi connectivity index (χ0n) is 13.6. The van der Waals surface area contributed by atoms with Gasteiger partial charge in [-0.15, -0.1) is 0 Å². The van der Waals surface area contributed by atoms with Crippen LogP contribution < -0.4 is 0 Å². The lowest BCUT2D eigenvalue weighted by Gasteiger charge is -2.18. The summed E-state index contributed by atoms with van der Waals surface area (Å²) in [5, 5.41) is 13.3. The summed E-state index contributed by atoms with van der Waals surface area (Å²) in [7, 11) is 0. The molecule has 0 atom stereocenters. The largest absolute Gasteiger partial charge is 0.480 e. The molecule has 0 saturated heterocycles. The van der Waals surface area contributed by atoms with E-state index in [4.69, 9.17) is 5.11 Å². The number of benzene rings is 1. The number of aliphatic carboxylic acids is 1. The van der Waals surface area contributed by atoms with E-state index in [-0.39, 0.29) is 12.5 Å². The molecule has 0 spiro atoms. The van der Waals surface area contributed by atoms with Crippen LogP contribution in [-0.2, 0) is 11.3 Å². The first-order chi connectivity index (χ1) is 10.9. The number of aryl methyl sites for hydroxylation is 2. The second kappa shape index (κ2) is 7.09. The molecule has 0 unspecified atom stereocenters. The van der Waals surface area contributed by atoms with E-state index in [1.807, 2.05) is 36.7 Å². The van der Waals surface area contributed by atoms with Gasteiger partial charge < -0.3 is 10.0 Å². The zero-order chi connectivity index (χ0) is 17.0. The lowest BCUT2D eigenvalue weighted by atomic mass is 10.1. The number of carboxylic acid groups (broad SMARTS) is 1. The molecule has 2 aromatic rings. The summed E-state index contributed by atoms with van der Waals surface area (Å²) in [6, 6.07) is 9.22. The molecule has 0 aliphatic heterocycles. The van der Waals surface area contributed by atoms with Crippen LogP contribution in [0.3, 0.4) is 0 Å². The van der Waals surface area contributed by atoms with E-state index in [0.717, 1.165) is 17.0 Å². The van der Waals surface area contributed by atoms with Gasteiger partial charge in [-0.2, -0.15) is 5.10 Å². The van der Waals surface area contributed by atoms with Gasteiger partial charge in [-0.25, -0.2) is 0 Å². The maximum atomic E-state index is 12.3. The average Bonchev–Trinajstić information content (AvgIpc) is 2.82. The van der Waals surface area contributed by atoms with Crippen molar-refractivity contribution >= 4 is 11.9 Å².